The van der Waals surface area contributed by atoms with E-state index in [1.165, 1.54) is 0 Å². The van der Waals surface area contributed by atoms with Crippen LogP contribution in [-0.2, 0) is 13.0 Å². The lowest BCUT2D eigenvalue weighted by molar-refractivity contribution is 0.0946. The number of aromatic nitrogens is 1. The third-order valence-corrected chi connectivity index (χ3v) is 3.16. The number of carbonyl (C=O) groups is 1. The summed E-state index contributed by atoms with van der Waals surface area (Å²) in [6.07, 6.45) is 2.48. The van der Waals surface area contributed by atoms with E-state index in [-0.39, 0.29) is 5.91 Å². The van der Waals surface area contributed by atoms with E-state index in [0.29, 0.717) is 18.0 Å². The molecule has 2 aromatic rings. The zero-order chi connectivity index (χ0) is 13.0. The van der Waals surface area contributed by atoms with Crippen LogP contribution in [0.4, 0.5) is 0 Å². The van der Waals surface area contributed by atoms with Crippen molar-refractivity contribution in [3.63, 3.8) is 0 Å². The van der Waals surface area contributed by atoms with E-state index < -0.39 is 0 Å². The van der Waals surface area contributed by atoms with Gasteiger partial charge in [0.15, 0.2) is 0 Å². The lowest BCUT2D eigenvalue weighted by atomic mass is 10.2. The number of oxazole rings is 1. The van der Waals surface area contributed by atoms with Crippen molar-refractivity contribution >= 4 is 21.8 Å². The Morgan fingerprint density at radius 3 is 2.89 bits per heavy atom. The smallest absolute Gasteiger partial charge is 0.252 e. The molecule has 18 heavy (non-hydrogen) atoms. The van der Waals surface area contributed by atoms with Crippen molar-refractivity contribution in [2.24, 2.45) is 0 Å². The van der Waals surface area contributed by atoms with Crippen molar-refractivity contribution < 1.29 is 9.21 Å². The highest BCUT2D eigenvalue weighted by Crippen LogP contribution is 2.15. The zero-order valence-corrected chi connectivity index (χ0v) is 11.5. The Kier molecular flexibility index (Phi) is 4.15. The first-order valence-electron chi connectivity index (χ1n) is 5.67. The predicted molar refractivity (Wildman–Crippen MR) is 71.2 cm³/mol. The maximum absolute atomic E-state index is 11.9. The Balaban J connectivity index is 1.98. The summed E-state index contributed by atoms with van der Waals surface area (Å²) in [4.78, 5) is 16.0. The number of rotatable bonds is 4. The molecule has 2 rings (SSSR count). The number of nitrogens with zero attached hydrogens (tertiary/aromatic N) is 1. The predicted octanol–water partition coefficient (Wildman–Crippen LogP) is 2.93. The SMILES string of the molecule is CCc1cnc(CNC(=O)c2ccccc2Br)o1. The Labute approximate surface area is 114 Å². The van der Waals surface area contributed by atoms with Crippen LogP contribution in [0.15, 0.2) is 39.4 Å². The van der Waals surface area contributed by atoms with E-state index >= 15 is 0 Å². The van der Waals surface area contributed by atoms with Crippen molar-refractivity contribution in [3.8, 4) is 0 Å². The minimum atomic E-state index is -0.154. The molecule has 0 aliphatic heterocycles. The fourth-order valence-electron chi connectivity index (χ4n) is 1.49. The molecule has 0 saturated heterocycles. The summed E-state index contributed by atoms with van der Waals surface area (Å²) in [6.45, 7) is 2.28. The largest absolute Gasteiger partial charge is 0.444 e. The van der Waals surface area contributed by atoms with Gasteiger partial charge < -0.3 is 9.73 Å². The number of hydrogen-bond donors (Lipinski definition) is 1. The first kappa shape index (κ1) is 12.8. The fraction of sp³-hybridized carbons (Fsp3) is 0.231. The van der Waals surface area contributed by atoms with E-state index in [1.807, 2.05) is 25.1 Å². The monoisotopic (exact) mass is 308 g/mol. The molecule has 1 aromatic carbocycles. The molecule has 94 valence electrons. The van der Waals surface area contributed by atoms with Crippen LogP contribution in [0.2, 0.25) is 0 Å². The van der Waals surface area contributed by atoms with Gasteiger partial charge in [-0.2, -0.15) is 0 Å². The number of amides is 1. The molecule has 0 atom stereocenters. The Hall–Kier alpha value is -1.62. The van der Waals surface area contributed by atoms with Gasteiger partial charge >= 0.3 is 0 Å². The summed E-state index contributed by atoms with van der Waals surface area (Å²) in [5, 5.41) is 2.77. The summed E-state index contributed by atoms with van der Waals surface area (Å²) < 4.78 is 6.18. The topological polar surface area (TPSA) is 55.1 Å². The minimum absolute atomic E-state index is 0.154. The van der Waals surface area contributed by atoms with Gasteiger partial charge in [0, 0.05) is 10.9 Å². The van der Waals surface area contributed by atoms with Crippen molar-refractivity contribution in [3.05, 3.63) is 52.1 Å². The molecule has 0 saturated carbocycles. The van der Waals surface area contributed by atoms with Gasteiger partial charge in [-0.3, -0.25) is 4.79 Å². The maximum Gasteiger partial charge on any atom is 0.252 e. The van der Waals surface area contributed by atoms with Crippen LogP contribution < -0.4 is 5.32 Å². The third kappa shape index (κ3) is 2.98. The fourth-order valence-corrected chi connectivity index (χ4v) is 1.95. The molecule has 1 amide bonds. The summed E-state index contributed by atoms with van der Waals surface area (Å²) in [7, 11) is 0. The average Bonchev–Trinajstić information content (AvgIpc) is 2.84. The van der Waals surface area contributed by atoms with Crippen molar-refractivity contribution in [2.45, 2.75) is 19.9 Å². The standard InChI is InChI=1S/C13H13BrN2O2/c1-2-9-7-15-12(18-9)8-16-13(17)10-5-3-4-6-11(10)14/h3-7H,2,8H2,1H3,(H,16,17). The molecule has 0 radical (unpaired) electrons. The van der Waals surface area contributed by atoms with Crippen molar-refractivity contribution in [1.29, 1.82) is 0 Å². The van der Waals surface area contributed by atoms with Crippen LogP contribution >= 0.6 is 15.9 Å². The van der Waals surface area contributed by atoms with Gasteiger partial charge in [0.1, 0.15) is 5.76 Å². The molecule has 4 nitrogen and oxygen atoms in total. The highest BCUT2D eigenvalue weighted by atomic mass is 79.9. The third-order valence-electron chi connectivity index (χ3n) is 2.47. The Morgan fingerprint density at radius 2 is 2.22 bits per heavy atom. The molecule has 0 aliphatic carbocycles. The minimum Gasteiger partial charge on any atom is -0.444 e. The number of halogens is 1. The zero-order valence-electron chi connectivity index (χ0n) is 9.94. The van der Waals surface area contributed by atoms with Crippen LogP contribution in [0.25, 0.3) is 0 Å². The summed E-state index contributed by atoms with van der Waals surface area (Å²) in [5.74, 6) is 1.19. The van der Waals surface area contributed by atoms with Crippen LogP contribution in [0.3, 0.4) is 0 Å². The molecular weight excluding hydrogens is 296 g/mol. The van der Waals surface area contributed by atoms with Crippen LogP contribution in [0.5, 0.6) is 0 Å². The molecule has 0 fully saturated rings. The Morgan fingerprint density at radius 1 is 1.44 bits per heavy atom. The van der Waals surface area contributed by atoms with E-state index in [0.717, 1.165) is 16.7 Å². The lowest BCUT2D eigenvalue weighted by Gasteiger charge is -2.04. The molecule has 0 unspecified atom stereocenters. The number of aryl methyl sites for hydroxylation is 1. The van der Waals surface area contributed by atoms with Crippen molar-refractivity contribution in [1.82, 2.24) is 10.3 Å². The van der Waals surface area contributed by atoms with E-state index in [9.17, 15) is 4.79 Å². The van der Waals surface area contributed by atoms with Gasteiger partial charge in [-0.1, -0.05) is 19.1 Å². The van der Waals surface area contributed by atoms with Gasteiger partial charge in [-0.05, 0) is 28.1 Å². The van der Waals surface area contributed by atoms with Crippen molar-refractivity contribution in [2.75, 3.05) is 0 Å². The van der Waals surface area contributed by atoms with Gasteiger partial charge in [0.05, 0.1) is 18.3 Å². The number of benzene rings is 1. The average molecular weight is 309 g/mol. The normalized spacial score (nSPS) is 10.3. The Bertz CT molecular complexity index is 551. The highest BCUT2D eigenvalue weighted by molar-refractivity contribution is 9.10. The molecule has 0 aliphatic rings. The first-order chi connectivity index (χ1) is 8.70. The van der Waals surface area contributed by atoms with Crippen LogP contribution in [0.1, 0.15) is 28.9 Å². The molecule has 1 aromatic heterocycles. The van der Waals surface area contributed by atoms with E-state index in [1.54, 1.807) is 12.3 Å². The molecule has 0 spiro atoms. The van der Waals surface area contributed by atoms with E-state index in [2.05, 4.69) is 26.2 Å². The second kappa shape index (κ2) is 5.82. The maximum atomic E-state index is 11.9. The molecular formula is C13H13BrN2O2. The van der Waals surface area contributed by atoms with Crippen LogP contribution in [0, 0.1) is 0 Å². The lowest BCUT2D eigenvalue weighted by Crippen LogP contribution is -2.23. The van der Waals surface area contributed by atoms with Gasteiger partial charge in [0.2, 0.25) is 5.89 Å². The molecule has 0 bridgehead atoms. The van der Waals surface area contributed by atoms with Gasteiger partial charge in [-0.25, -0.2) is 4.98 Å². The summed E-state index contributed by atoms with van der Waals surface area (Å²) in [6, 6.07) is 7.27. The summed E-state index contributed by atoms with van der Waals surface area (Å²) >= 11 is 3.34. The highest BCUT2D eigenvalue weighted by Gasteiger charge is 2.10. The second-order valence-corrected chi connectivity index (χ2v) is 4.59. The first-order valence-corrected chi connectivity index (χ1v) is 6.46. The quantitative estimate of drug-likeness (QED) is 0.945. The number of hydrogen-bond acceptors (Lipinski definition) is 3. The van der Waals surface area contributed by atoms with Gasteiger partial charge in [0.25, 0.3) is 5.91 Å². The number of carbonyl (C=O) groups excluding carboxylic acids is 1. The molecule has 1 heterocycles. The summed E-state index contributed by atoms with van der Waals surface area (Å²) in [5.41, 5.74) is 0.597. The van der Waals surface area contributed by atoms with Gasteiger partial charge in [-0.15, -0.1) is 0 Å². The van der Waals surface area contributed by atoms with E-state index in [4.69, 9.17) is 4.42 Å². The van der Waals surface area contributed by atoms with Crippen LogP contribution in [-0.4, -0.2) is 10.9 Å². The number of nitrogens with one attached hydrogen (secondary N) is 1. The molecule has 5 heteroatoms. The molecule has 1 N–H and O–H groups in total. The second-order valence-electron chi connectivity index (χ2n) is 3.74.